The van der Waals surface area contributed by atoms with Crippen LogP contribution in [0.2, 0.25) is 0 Å². The van der Waals surface area contributed by atoms with Crippen molar-refractivity contribution in [3.8, 4) is 0 Å². The largest absolute Gasteiger partial charge is 2.00 e. The first-order chi connectivity index (χ1) is 39.1. The predicted octanol–water partition coefficient (Wildman–Crippen LogP) is 19.2. The van der Waals surface area contributed by atoms with Crippen molar-refractivity contribution >= 4 is 79.2 Å². The molecule has 10 heteroatoms. The molecule has 0 atom stereocenters. The van der Waals surface area contributed by atoms with E-state index in [1.54, 1.807) is 0 Å². The SMILES string of the molecule is CCCCCCCCCCCCCCCCCC(=O)[O-].CCCCCCCCCCCCCCCCCC(=O)[O-].CCCCCCCCCCCCCCCCCC(=O)[O-].CCCCCCCCCCCCCCCCCC(=O)[O-].[Ca+2].[Ge+2]. The van der Waals surface area contributed by atoms with Gasteiger partial charge in [-0.25, -0.2) is 0 Å². The molecule has 0 saturated heterocycles. The Balaban J connectivity index is -0.000000233. The summed E-state index contributed by atoms with van der Waals surface area (Å²) in [7, 11) is 0. The van der Waals surface area contributed by atoms with Gasteiger partial charge in [-0.15, -0.1) is 0 Å². The summed E-state index contributed by atoms with van der Waals surface area (Å²) in [6.07, 6.45) is 79.4. The van der Waals surface area contributed by atoms with Gasteiger partial charge < -0.3 is 39.6 Å². The second-order valence-electron chi connectivity index (χ2n) is 24.3. The smallest absolute Gasteiger partial charge is 0.550 e. The molecule has 0 unspecified atom stereocenters. The average Bonchev–Trinajstić information content (AvgIpc) is 3.43. The second-order valence-corrected chi connectivity index (χ2v) is 24.3. The van der Waals surface area contributed by atoms with Gasteiger partial charge in [-0.05, 0) is 51.4 Å². The first-order valence-corrected chi connectivity index (χ1v) is 35.9. The fourth-order valence-corrected chi connectivity index (χ4v) is 10.6. The van der Waals surface area contributed by atoms with Crippen LogP contribution in [0.1, 0.15) is 439 Å². The van der Waals surface area contributed by atoms with Crippen LogP contribution in [0.4, 0.5) is 0 Å². The van der Waals surface area contributed by atoms with Crippen LogP contribution in [-0.4, -0.2) is 79.2 Å². The molecule has 0 spiro atoms. The van der Waals surface area contributed by atoms with E-state index in [4.69, 9.17) is 0 Å². The molecule has 82 heavy (non-hydrogen) atoms. The number of carboxylic acid groups (broad SMARTS) is 4. The maximum Gasteiger partial charge on any atom is 2.00 e. The van der Waals surface area contributed by atoms with E-state index in [2.05, 4.69) is 27.7 Å². The summed E-state index contributed by atoms with van der Waals surface area (Å²) in [5.74, 6) is -3.61. The van der Waals surface area contributed by atoms with Crippen LogP contribution >= 0.6 is 0 Å². The number of carbonyl (C=O) groups excluding carboxylic acids is 4. The molecule has 0 aromatic rings. The molecule has 0 fully saturated rings. The van der Waals surface area contributed by atoms with Gasteiger partial charge in [0.05, 0.1) is 0 Å². The van der Waals surface area contributed by atoms with Crippen molar-refractivity contribution in [3.63, 3.8) is 0 Å². The predicted molar refractivity (Wildman–Crippen MR) is 350 cm³/mol. The molecule has 8 nitrogen and oxygen atoms in total. The Morgan fingerprint density at radius 3 is 0.317 bits per heavy atom. The molecule has 0 aliphatic heterocycles. The topological polar surface area (TPSA) is 161 Å². The van der Waals surface area contributed by atoms with Crippen molar-refractivity contribution in [2.45, 2.75) is 439 Å². The van der Waals surface area contributed by atoms with Gasteiger partial charge in [0.25, 0.3) is 0 Å². The molecular weight excluding hydrogens is 1110 g/mol. The van der Waals surface area contributed by atoms with Crippen LogP contribution in [0, 0.1) is 0 Å². The first-order valence-electron chi connectivity index (χ1n) is 35.9. The van der Waals surface area contributed by atoms with Crippen LogP contribution in [-0.2, 0) is 19.2 Å². The molecule has 0 saturated carbocycles. The van der Waals surface area contributed by atoms with Crippen LogP contribution in [0.5, 0.6) is 0 Å². The monoisotopic (exact) mass is 1250 g/mol. The standard InChI is InChI=1S/4C18H36O2.Ca.Ge/c4*1-2-3-4-5-6-7-8-9-10-11-12-13-14-15-16-17-18(19)20;;/h4*2-17H2,1H3,(H,19,20);;/q;;;;2*+2/p-4. The van der Waals surface area contributed by atoms with Gasteiger partial charge in [0.15, 0.2) is 0 Å². The summed E-state index contributed by atoms with van der Waals surface area (Å²) in [4.78, 5) is 40.9. The summed E-state index contributed by atoms with van der Waals surface area (Å²) in [6.45, 7) is 9.07. The van der Waals surface area contributed by atoms with Crippen molar-refractivity contribution in [2.24, 2.45) is 0 Å². The quantitative estimate of drug-likeness (QED) is 0.0430. The van der Waals surface area contributed by atoms with Crippen molar-refractivity contribution < 1.29 is 39.6 Å². The number of rotatable bonds is 64. The molecule has 0 aliphatic carbocycles. The maximum atomic E-state index is 10.2. The van der Waals surface area contributed by atoms with Gasteiger partial charge in [0.2, 0.25) is 0 Å². The number of carbonyl (C=O) groups is 4. The number of aliphatic carboxylic acids is 4. The molecule has 0 bridgehead atoms. The van der Waals surface area contributed by atoms with E-state index >= 15 is 0 Å². The van der Waals surface area contributed by atoms with Gasteiger partial charge in [0, 0.05) is 23.9 Å². The minimum absolute atomic E-state index is 0. The zero-order valence-electron chi connectivity index (χ0n) is 55.7. The van der Waals surface area contributed by atoms with Gasteiger partial charge in [0.1, 0.15) is 0 Å². The normalized spacial score (nSPS) is 10.6. The molecule has 0 aromatic heterocycles. The fourth-order valence-electron chi connectivity index (χ4n) is 10.6. The number of unbranched alkanes of at least 4 members (excludes halogenated alkanes) is 56. The van der Waals surface area contributed by atoms with E-state index in [1.165, 1.54) is 334 Å². The summed E-state index contributed by atoms with van der Waals surface area (Å²) >= 11 is 0. The Morgan fingerprint density at radius 2 is 0.244 bits per heavy atom. The van der Waals surface area contributed by atoms with Crippen LogP contribution in [0.15, 0.2) is 0 Å². The van der Waals surface area contributed by atoms with Crippen molar-refractivity contribution in [1.82, 2.24) is 0 Å². The van der Waals surface area contributed by atoms with Crippen LogP contribution in [0.25, 0.3) is 0 Å². The van der Waals surface area contributed by atoms with E-state index in [-0.39, 0.29) is 81.0 Å². The number of hydrogen-bond donors (Lipinski definition) is 0. The molecule has 2 radical (unpaired) electrons. The Bertz CT molecular complexity index is 998. The van der Waals surface area contributed by atoms with E-state index in [9.17, 15) is 39.6 Å². The third kappa shape index (κ3) is 108. The third-order valence-corrected chi connectivity index (χ3v) is 15.9. The molecule has 0 N–H and O–H groups in total. The summed E-state index contributed by atoms with van der Waals surface area (Å²) in [5.41, 5.74) is 0. The van der Waals surface area contributed by atoms with Crippen molar-refractivity contribution in [2.75, 3.05) is 0 Å². The van der Waals surface area contributed by atoms with E-state index in [0.29, 0.717) is 0 Å². The summed E-state index contributed by atoms with van der Waals surface area (Å²) in [5, 5.41) is 40.9. The molecule has 0 amide bonds. The van der Waals surface area contributed by atoms with Crippen molar-refractivity contribution in [1.29, 1.82) is 0 Å². The van der Waals surface area contributed by atoms with E-state index < -0.39 is 23.9 Å². The van der Waals surface area contributed by atoms with Crippen LogP contribution < -0.4 is 20.4 Å². The van der Waals surface area contributed by atoms with Crippen LogP contribution in [0.3, 0.4) is 0 Å². The number of carboxylic acids is 4. The second kappa shape index (κ2) is 89.4. The van der Waals surface area contributed by atoms with E-state index in [1.807, 2.05) is 0 Å². The average molecular weight is 1250 g/mol. The molecule has 0 aromatic carbocycles. The molecule has 0 aliphatic rings. The van der Waals surface area contributed by atoms with Gasteiger partial charge in [-0.3, -0.25) is 0 Å². The zero-order chi connectivity index (χ0) is 59.6. The fraction of sp³-hybridized carbons (Fsp3) is 0.944. The molecular formula is C72H140CaGeO8. The van der Waals surface area contributed by atoms with Crippen molar-refractivity contribution in [3.05, 3.63) is 0 Å². The summed E-state index contributed by atoms with van der Waals surface area (Å²) in [6, 6.07) is 0. The van der Waals surface area contributed by atoms with Gasteiger partial charge in [-0.1, -0.05) is 387 Å². The van der Waals surface area contributed by atoms with Gasteiger partial charge >= 0.3 is 55.3 Å². The molecule has 0 rings (SSSR count). The maximum absolute atomic E-state index is 10.2. The summed E-state index contributed by atoms with van der Waals surface area (Å²) < 4.78 is 0. The Labute approximate surface area is 553 Å². The van der Waals surface area contributed by atoms with E-state index in [0.717, 1.165) is 51.4 Å². The third-order valence-electron chi connectivity index (χ3n) is 15.9. The minimum atomic E-state index is -0.903. The Kier molecular flexibility index (Phi) is 101. The zero-order valence-corrected chi connectivity index (χ0v) is 60.0. The Hall–Kier alpha value is -0.317. The number of hydrogen-bond acceptors (Lipinski definition) is 8. The minimum Gasteiger partial charge on any atom is -0.550 e. The molecule has 482 valence electrons. The molecule has 0 heterocycles. The first kappa shape index (κ1) is 92.8. The Morgan fingerprint density at radius 1 is 0.171 bits per heavy atom. The van der Waals surface area contributed by atoms with Gasteiger partial charge in [-0.2, -0.15) is 0 Å².